The Hall–Kier alpha value is -2.34. The Morgan fingerprint density at radius 2 is 1.95 bits per heavy atom. The van der Waals surface area contributed by atoms with E-state index in [2.05, 4.69) is 40.2 Å². The van der Waals surface area contributed by atoms with Gasteiger partial charge in [-0.3, -0.25) is 0 Å². The standard InChI is InChI=1S/C17H17N3/c1-13-8-9-15(11-18)17(19-13)20-10-4-7-14-5-2-3-6-16(14)12-20/h2-3,5-6,8-9H,4,7,10,12H2,1H3. The summed E-state index contributed by atoms with van der Waals surface area (Å²) >= 11 is 0. The van der Waals surface area contributed by atoms with Crippen molar-refractivity contribution >= 4 is 5.82 Å². The van der Waals surface area contributed by atoms with E-state index in [1.54, 1.807) is 0 Å². The average Bonchev–Trinajstić information content (AvgIpc) is 2.69. The molecular formula is C17H17N3. The molecule has 2 heterocycles. The van der Waals surface area contributed by atoms with Crippen LogP contribution in [0.25, 0.3) is 0 Å². The molecule has 0 spiro atoms. The summed E-state index contributed by atoms with van der Waals surface area (Å²) in [6.45, 7) is 3.75. The summed E-state index contributed by atoms with van der Waals surface area (Å²) in [5, 5.41) is 9.29. The number of anilines is 1. The SMILES string of the molecule is Cc1ccc(C#N)c(N2CCCc3ccccc3C2)n1. The summed E-state index contributed by atoms with van der Waals surface area (Å²) < 4.78 is 0. The molecule has 0 aliphatic carbocycles. The molecule has 0 bridgehead atoms. The van der Waals surface area contributed by atoms with Gasteiger partial charge in [-0.2, -0.15) is 5.26 Å². The third-order valence-corrected chi connectivity index (χ3v) is 3.79. The lowest BCUT2D eigenvalue weighted by atomic mass is 10.0. The highest BCUT2D eigenvalue weighted by molar-refractivity contribution is 5.55. The number of hydrogen-bond acceptors (Lipinski definition) is 3. The number of hydrogen-bond donors (Lipinski definition) is 0. The van der Waals surface area contributed by atoms with E-state index in [1.807, 2.05) is 19.1 Å². The highest BCUT2D eigenvalue weighted by Crippen LogP contribution is 2.25. The zero-order chi connectivity index (χ0) is 13.9. The Bertz CT molecular complexity index is 670. The maximum Gasteiger partial charge on any atom is 0.147 e. The first kappa shape index (κ1) is 12.7. The minimum atomic E-state index is 0.662. The largest absolute Gasteiger partial charge is 0.351 e. The number of nitriles is 1. The van der Waals surface area contributed by atoms with E-state index < -0.39 is 0 Å². The summed E-state index contributed by atoms with van der Waals surface area (Å²) in [4.78, 5) is 6.82. The van der Waals surface area contributed by atoms with Crippen LogP contribution in [0.5, 0.6) is 0 Å². The lowest BCUT2D eigenvalue weighted by molar-refractivity contribution is 0.752. The molecule has 0 saturated carbocycles. The van der Waals surface area contributed by atoms with Crippen LogP contribution in [0.2, 0.25) is 0 Å². The number of benzene rings is 1. The fraction of sp³-hybridized carbons (Fsp3) is 0.294. The molecule has 20 heavy (non-hydrogen) atoms. The van der Waals surface area contributed by atoms with E-state index >= 15 is 0 Å². The summed E-state index contributed by atoms with van der Waals surface area (Å²) in [5.74, 6) is 0.823. The maximum atomic E-state index is 9.29. The summed E-state index contributed by atoms with van der Waals surface area (Å²) in [5.41, 5.74) is 4.38. The van der Waals surface area contributed by atoms with Crippen molar-refractivity contribution in [3.05, 3.63) is 58.8 Å². The van der Waals surface area contributed by atoms with Gasteiger partial charge >= 0.3 is 0 Å². The molecule has 0 amide bonds. The van der Waals surface area contributed by atoms with Gasteiger partial charge in [0.05, 0.1) is 5.56 Å². The molecule has 0 radical (unpaired) electrons. The van der Waals surface area contributed by atoms with Crippen molar-refractivity contribution in [1.29, 1.82) is 5.26 Å². The van der Waals surface area contributed by atoms with Crippen LogP contribution in [-0.4, -0.2) is 11.5 Å². The van der Waals surface area contributed by atoms with Crippen LogP contribution in [0.4, 0.5) is 5.82 Å². The van der Waals surface area contributed by atoms with Crippen LogP contribution in [0.3, 0.4) is 0 Å². The molecule has 3 nitrogen and oxygen atoms in total. The van der Waals surface area contributed by atoms with Crippen LogP contribution in [0, 0.1) is 18.3 Å². The smallest absolute Gasteiger partial charge is 0.147 e. The predicted octanol–water partition coefficient (Wildman–Crippen LogP) is 3.21. The van der Waals surface area contributed by atoms with E-state index in [9.17, 15) is 5.26 Å². The topological polar surface area (TPSA) is 39.9 Å². The number of aryl methyl sites for hydroxylation is 2. The van der Waals surface area contributed by atoms with Crippen LogP contribution >= 0.6 is 0 Å². The zero-order valence-corrected chi connectivity index (χ0v) is 11.6. The van der Waals surface area contributed by atoms with Gasteiger partial charge in [-0.15, -0.1) is 0 Å². The summed E-state index contributed by atoms with van der Waals surface area (Å²) in [6.07, 6.45) is 2.19. The predicted molar refractivity (Wildman–Crippen MR) is 79.5 cm³/mol. The molecule has 3 heteroatoms. The van der Waals surface area contributed by atoms with Crippen molar-refractivity contribution in [2.24, 2.45) is 0 Å². The molecule has 0 fully saturated rings. The van der Waals surface area contributed by atoms with E-state index in [1.165, 1.54) is 11.1 Å². The Morgan fingerprint density at radius 3 is 2.75 bits per heavy atom. The van der Waals surface area contributed by atoms with Gasteiger partial charge in [0.25, 0.3) is 0 Å². The van der Waals surface area contributed by atoms with Gasteiger partial charge in [-0.05, 0) is 43.0 Å². The Balaban J connectivity index is 2.00. The molecular weight excluding hydrogens is 246 g/mol. The van der Waals surface area contributed by atoms with Crippen LogP contribution in [0.1, 0.15) is 28.8 Å². The molecule has 1 aromatic carbocycles. The Kier molecular flexibility index (Phi) is 3.39. The van der Waals surface area contributed by atoms with E-state index in [0.29, 0.717) is 5.56 Å². The molecule has 0 saturated heterocycles. The van der Waals surface area contributed by atoms with Crippen LogP contribution in [0.15, 0.2) is 36.4 Å². The number of pyridine rings is 1. The normalized spacial score (nSPS) is 14.3. The van der Waals surface area contributed by atoms with Crippen LogP contribution in [-0.2, 0) is 13.0 Å². The van der Waals surface area contributed by atoms with Gasteiger partial charge in [0.15, 0.2) is 0 Å². The monoisotopic (exact) mass is 263 g/mol. The average molecular weight is 263 g/mol. The third kappa shape index (κ3) is 2.37. The first-order valence-electron chi connectivity index (χ1n) is 6.97. The second-order valence-electron chi connectivity index (χ2n) is 5.23. The zero-order valence-electron chi connectivity index (χ0n) is 11.6. The number of nitrogens with zero attached hydrogens (tertiary/aromatic N) is 3. The first-order chi connectivity index (χ1) is 9.78. The molecule has 0 atom stereocenters. The Labute approximate surface area is 119 Å². The fourth-order valence-corrected chi connectivity index (χ4v) is 2.75. The second-order valence-corrected chi connectivity index (χ2v) is 5.23. The highest BCUT2D eigenvalue weighted by Gasteiger charge is 2.18. The number of aromatic nitrogens is 1. The van der Waals surface area contributed by atoms with Gasteiger partial charge < -0.3 is 4.90 Å². The summed E-state index contributed by atoms with van der Waals surface area (Å²) in [6, 6.07) is 14.6. The molecule has 2 aromatic rings. The summed E-state index contributed by atoms with van der Waals surface area (Å²) in [7, 11) is 0. The van der Waals surface area contributed by atoms with Crippen molar-refractivity contribution in [2.45, 2.75) is 26.3 Å². The van der Waals surface area contributed by atoms with Crippen molar-refractivity contribution in [3.8, 4) is 6.07 Å². The van der Waals surface area contributed by atoms with Crippen molar-refractivity contribution in [1.82, 2.24) is 4.98 Å². The van der Waals surface area contributed by atoms with Gasteiger partial charge in [0.1, 0.15) is 11.9 Å². The molecule has 0 unspecified atom stereocenters. The van der Waals surface area contributed by atoms with Gasteiger partial charge in [0.2, 0.25) is 0 Å². The fourth-order valence-electron chi connectivity index (χ4n) is 2.75. The number of rotatable bonds is 1. The van der Waals surface area contributed by atoms with Gasteiger partial charge in [0, 0.05) is 18.8 Å². The third-order valence-electron chi connectivity index (χ3n) is 3.79. The minimum Gasteiger partial charge on any atom is -0.351 e. The Morgan fingerprint density at radius 1 is 1.15 bits per heavy atom. The van der Waals surface area contributed by atoms with Crippen molar-refractivity contribution in [2.75, 3.05) is 11.4 Å². The van der Waals surface area contributed by atoms with Gasteiger partial charge in [-0.25, -0.2) is 4.98 Å². The van der Waals surface area contributed by atoms with Crippen molar-refractivity contribution in [3.63, 3.8) is 0 Å². The number of fused-ring (bicyclic) bond motifs is 1. The van der Waals surface area contributed by atoms with Crippen LogP contribution < -0.4 is 4.90 Å². The van der Waals surface area contributed by atoms with Crippen molar-refractivity contribution < 1.29 is 0 Å². The maximum absolute atomic E-state index is 9.29. The van der Waals surface area contributed by atoms with E-state index in [4.69, 9.17) is 0 Å². The molecule has 1 aromatic heterocycles. The molecule has 1 aliphatic rings. The molecule has 100 valence electrons. The highest BCUT2D eigenvalue weighted by atomic mass is 15.2. The quantitative estimate of drug-likeness (QED) is 0.793. The van der Waals surface area contributed by atoms with Gasteiger partial charge in [-0.1, -0.05) is 24.3 Å². The molecule has 0 N–H and O–H groups in total. The second kappa shape index (κ2) is 5.34. The molecule has 3 rings (SSSR count). The minimum absolute atomic E-state index is 0.662. The van der Waals surface area contributed by atoms with E-state index in [-0.39, 0.29) is 0 Å². The first-order valence-corrected chi connectivity index (χ1v) is 6.97. The molecule has 1 aliphatic heterocycles. The lowest BCUT2D eigenvalue weighted by Crippen LogP contribution is -2.24. The van der Waals surface area contributed by atoms with E-state index in [0.717, 1.165) is 37.4 Å². The lowest BCUT2D eigenvalue weighted by Gasteiger charge is -2.23.